The average Bonchev–Trinajstić information content (AvgIpc) is 3.01. The first kappa shape index (κ1) is 17.5. The standard InChI is InChI=1S/C24H14Br2N2/c25-16-7-11-18(12-8-16)27-23-20-5-1-3-15-4-2-6-21(22(15)20)24(23)28-19-13-9-17(26)10-14-19/h1-14H. The zero-order chi connectivity index (χ0) is 19.1. The number of aliphatic imine (C=N–C) groups is 2. The van der Waals surface area contributed by atoms with E-state index in [0.29, 0.717) is 0 Å². The van der Waals surface area contributed by atoms with Crippen molar-refractivity contribution in [3.8, 4) is 0 Å². The number of hydrogen-bond donors (Lipinski definition) is 0. The smallest absolute Gasteiger partial charge is 0.0978 e. The normalized spacial score (nSPS) is 15.6. The minimum Gasteiger partial charge on any atom is -0.246 e. The number of benzene rings is 4. The lowest BCUT2D eigenvalue weighted by Crippen LogP contribution is -2.10. The summed E-state index contributed by atoms with van der Waals surface area (Å²) in [5, 5.41) is 2.43. The molecule has 134 valence electrons. The van der Waals surface area contributed by atoms with Crippen molar-refractivity contribution in [3.63, 3.8) is 0 Å². The maximum absolute atomic E-state index is 4.99. The van der Waals surface area contributed by atoms with Crippen molar-refractivity contribution < 1.29 is 0 Å². The summed E-state index contributed by atoms with van der Waals surface area (Å²) in [6.45, 7) is 0. The van der Waals surface area contributed by atoms with E-state index in [1.807, 2.05) is 48.5 Å². The van der Waals surface area contributed by atoms with Gasteiger partial charge in [-0.2, -0.15) is 0 Å². The van der Waals surface area contributed by atoms with E-state index in [9.17, 15) is 0 Å². The molecule has 0 fully saturated rings. The fourth-order valence-electron chi connectivity index (χ4n) is 3.51. The van der Waals surface area contributed by atoms with Crippen LogP contribution in [0.2, 0.25) is 0 Å². The Labute approximate surface area is 179 Å². The Kier molecular flexibility index (Phi) is 4.46. The molecule has 1 aliphatic carbocycles. The Bertz CT molecular complexity index is 1160. The van der Waals surface area contributed by atoms with Gasteiger partial charge in [-0.15, -0.1) is 0 Å². The largest absolute Gasteiger partial charge is 0.246 e. The third-order valence-electron chi connectivity index (χ3n) is 4.77. The summed E-state index contributed by atoms with van der Waals surface area (Å²) in [7, 11) is 0. The summed E-state index contributed by atoms with van der Waals surface area (Å²) in [5.74, 6) is 0. The molecule has 0 bridgehead atoms. The van der Waals surface area contributed by atoms with Gasteiger partial charge in [-0.1, -0.05) is 68.3 Å². The molecular weight excluding hydrogens is 476 g/mol. The van der Waals surface area contributed by atoms with E-state index >= 15 is 0 Å². The molecule has 0 saturated carbocycles. The second-order valence-electron chi connectivity index (χ2n) is 6.58. The van der Waals surface area contributed by atoms with E-state index in [-0.39, 0.29) is 0 Å². The van der Waals surface area contributed by atoms with Gasteiger partial charge in [-0.05, 0) is 53.9 Å². The highest BCUT2D eigenvalue weighted by Crippen LogP contribution is 2.34. The number of rotatable bonds is 2. The number of hydrogen-bond acceptors (Lipinski definition) is 2. The zero-order valence-electron chi connectivity index (χ0n) is 14.7. The van der Waals surface area contributed by atoms with E-state index in [1.54, 1.807) is 0 Å². The van der Waals surface area contributed by atoms with Crippen molar-refractivity contribution in [1.82, 2.24) is 0 Å². The van der Waals surface area contributed by atoms with Crippen LogP contribution in [-0.2, 0) is 0 Å². The summed E-state index contributed by atoms with van der Waals surface area (Å²) in [4.78, 5) is 9.98. The van der Waals surface area contributed by atoms with Crippen LogP contribution >= 0.6 is 31.9 Å². The fraction of sp³-hybridized carbons (Fsp3) is 0. The molecule has 4 aromatic carbocycles. The van der Waals surface area contributed by atoms with Crippen LogP contribution < -0.4 is 0 Å². The van der Waals surface area contributed by atoms with Gasteiger partial charge >= 0.3 is 0 Å². The lowest BCUT2D eigenvalue weighted by atomic mass is 10.1. The molecule has 0 unspecified atom stereocenters. The molecule has 28 heavy (non-hydrogen) atoms. The van der Waals surface area contributed by atoms with Crippen LogP contribution in [0.25, 0.3) is 10.8 Å². The third-order valence-corrected chi connectivity index (χ3v) is 5.83. The highest BCUT2D eigenvalue weighted by molar-refractivity contribution is 9.10. The van der Waals surface area contributed by atoms with E-state index in [4.69, 9.17) is 9.98 Å². The molecule has 0 heterocycles. The first-order valence-electron chi connectivity index (χ1n) is 8.90. The summed E-state index contributed by atoms with van der Waals surface area (Å²) in [6.07, 6.45) is 0. The molecule has 0 N–H and O–H groups in total. The lowest BCUT2D eigenvalue weighted by molar-refractivity contribution is 1.49. The Morgan fingerprint density at radius 1 is 0.500 bits per heavy atom. The van der Waals surface area contributed by atoms with Gasteiger partial charge in [0.25, 0.3) is 0 Å². The van der Waals surface area contributed by atoms with E-state index in [2.05, 4.69) is 68.3 Å². The van der Waals surface area contributed by atoms with Crippen LogP contribution in [-0.4, -0.2) is 11.4 Å². The van der Waals surface area contributed by atoms with Gasteiger partial charge in [-0.3, -0.25) is 0 Å². The predicted octanol–water partition coefficient (Wildman–Crippen LogP) is 7.62. The maximum Gasteiger partial charge on any atom is 0.0978 e. The van der Waals surface area contributed by atoms with Crippen LogP contribution in [0.5, 0.6) is 0 Å². The quantitative estimate of drug-likeness (QED) is 0.276. The molecule has 0 spiro atoms. The van der Waals surface area contributed by atoms with Gasteiger partial charge in [0.1, 0.15) is 0 Å². The minimum absolute atomic E-state index is 0.909. The van der Waals surface area contributed by atoms with E-state index < -0.39 is 0 Å². The molecular formula is C24H14Br2N2. The summed E-state index contributed by atoms with van der Waals surface area (Å²) < 4.78 is 2.08. The van der Waals surface area contributed by atoms with Crippen LogP contribution in [0.1, 0.15) is 11.1 Å². The van der Waals surface area contributed by atoms with E-state index in [1.165, 1.54) is 10.8 Å². The second-order valence-corrected chi connectivity index (χ2v) is 8.41. The summed E-state index contributed by atoms with van der Waals surface area (Å²) >= 11 is 6.98. The van der Waals surface area contributed by atoms with Gasteiger partial charge < -0.3 is 0 Å². The maximum atomic E-state index is 4.99. The zero-order valence-corrected chi connectivity index (χ0v) is 17.9. The summed E-state index contributed by atoms with van der Waals surface area (Å²) in [5.41, 5.74) is 5.91. The van der Waals surface area contributed by atoms with Gasteiger partial charge in [0, 0.05) is 25.5 Å². The lowest BCUT2D eigenvalue weighted by Gasteiger charge is -2.04. The highest BCUT2D eigenvalue weighted by atomic mass is 79.9. The predicted molar refractivity (Wildman–Crippen MR) is 125 cm³/mol. The van der Waals surface area contributed by atoms with Crippen LogP contribution in [0, 0.1) is 0 Å². The molecule has 0 amide bonds. The monoisotopic (exact) mass is 488 g/mol. The summed E-state index contributed by atoms with van der Waals surface area (Å²) in [6, 6.07) is 28.8. The Hall–Kier alpha value is -2.56. The molecule has 4 aromatic rings. The van der Waals surface area contributed by atoms with Crippen molar-refractivity contribution in [1.29, 1.82) is 0 Å². The van der Waals surface area contributed by atoms with E-state index in [0.717, 1.165) is 42.9 Å². The van der Waals surface area contributed by atoms with Crippen molar-refractivity contribution in [2.45, 2.75) is 0 Å². The molecule has 0 aromatic heterocycles. The Balaban J connectivity index is 1.76. The molecule has 0 aliphatic heterocycles. The number of halogens is 2. The average molecular weight is 490 g/mol. The SMILES string of the molecule is Brc1ccc(N=C2C(=Nc3ccc(Br)cc3)c3cccc4cccc2c34)cc1. The van der Waals surface area contributed by atoms with Gasteiger partial charge in [-0.25, -0.2) is 9.98 Å². The molecule has 1 aliphatic rings. The highest BCUT2D eigenvalue weighted by Gasteiger charge is 2.27. The van der Waals surface area contributed by atoms with Crippen LogP contribution in [0.3, 0.4) is 0 Å². The third kappa shape index (κ3) is 3.13. The first-order valence-corrected chi connectivity index (χ1v) is 10.5. The molecule has 2 nitrogen and oxygen atoms in total. The molecule has 0 atom stereocenters. The van der Waals surface area contributed by atoms with Gasteiger partial charge in [0.2, 0.25) is 0 Å². The minimum atomic E-state index is 0.909. The Morgan fingerprint density at radius 2 is 0.929 bits per heavy atom. The van der Waals surface area contributed by atoms with Crippen molar-refractivity contribution in [2.75, 3.05) is 0 Å². The van der Waals surface area contributed by atoms with Crippen molar-refractivity contribution >= 4 is 65.4 Å². The van der Waals surface area contributed by atoms with Crippen molar-refractivity contribution in [2.24, 2.45) is 9.98 Å². The second kappa shape index (κ2) is 7.12. The van der Waals surface area contributed by atoms with Crippen LogP contribution in [0.15, 0.2) is 104 Å². The van der Waals surface area contributed by atoms with Gasteiger partial charge in [0.05, 0.1) is 22.8 Å². The van der Waals surface area contributed by atoms with Crippen molar-refractivity contribution in [3.05, 3.63) is 105 Å². The molecule has 5 rings (SSSR count). The Morgan fingerprint density at radius 3 is 1.36 bits per heavy atom. The fourth-order valence-corrected chi connectivity index (χ4v) is 4.04. The number of nitrogens with zero attached hydrogens (tertiary/aromatic N) is 2. The van der Waals surface area contributed by atoms with Crippen LogP contribution in [0.4, 0.5) is 11.4 Å². The molecule has 4 heteroatoms. The molecule has 0 radical (unpaired) electrons. The topological polar surface area (TPSA) is 24.7 Å². The first-order chi connectivity index (χ1) is 13.7. The van der Waals surface area contributed by atoms with Gasteiger partial charge in [0.15, 0.2) is 0 Å². The molecule has 0 saturated heterocycles.